The summed E-state index contributed by atoms with van der Waals surface area (Å²) >= 11 is 0. The minimum atomic E-state index is -0.443. The van der Waals surface area contributed by atoms with Crippen LogP contribution in [0.15, 0.2) is 159 Å². The number of aryl methyl sites for hydroxylation is 1. The van der Waals surface area contributed by atoms with E-state index in [1.165, 1.54) is 23.3 Å². The third-order valence-corrected chi connectivity index (χ3v) is 9.03. The Morgan fingerprint density at radius 3 is 1.46 bits per heavy atom. The maximum absolute atomic E-state index is 11.8. The van der Waals surface area contributed by atoms with Crippen molar-refractivity contribution in [2.24, 2.45) is 0 Å². The first-order valence-corrected chi connectivity index (χ1v) is 17.0. The summed E-state index contributed by atoms with van der Waals surface area (Å²) in [5.74, 6) is -0.822. The zero-order valence-corrected chi connectivity index (χ0v) is 28.3. The Kier molecular flexibility index (Phi) is 10.8. The molecule has 248 valence electrons. The summed E-state index contributed by atoms with van der Waals surface area (Å²) in [6.07, 6.45) is 4.55. The molecule has 1 unspecified atom stereocenters. The zero-order chi connectivity index (χ0) is 34.9. The smallest absolute Gasteiger partial charge is 0.330 e. The highest BCUT2D eigenvalue weighted by atomic mass is 16.5. The van der Waals surface area contributed by atoms with Crippen molar-refractivity contribution < 1.29 is 19.1 Å². The van der Waals surface area contributed by atoms with Gasteiger partial charge in [0.25, 0.3) is 0 Å². The lowest BCUT2D eigenvalue weighted by Gasteiger charge is -2.24. The van der Waals surface area contributed by atoms with Gasteiger partial charge in [-0.2, -0.15) is 0 Å². The summed E-state index contributed by atoms with van der Waals surface area (Å²) in [4.78, 5) is 23.5. The maximum atomic E-state index is 11.8. The minimum Gasteiger partial charge on any atom is -0.459 e. The first kappa shape index (κ1) is 33.9. The van der Waals surface area contributed by atoms with Crippen LogP contribution in [0.5, 0.6) is 0 Å². The lowest BCUT2D eigenvalue weighted by Crippen LogP contribution is -2.16. The molecule has 0 heterocycles. The van der Waals surface area contributed by atoms with Gasteiger partial charge in [0, 0.05) is 12.2 Å². The van der Waals surface area contributed by atoms with E-state index >= 15 is 0 Å². The minimum absolute atomic E-state index is 0.147. The summed E-state index contributed by atoms with van der Waals surface area (Å²) in [6.45, 7) is 9.24. The summed E-state index contributed by atoms with van der Waals surface area (Å²) in [6, 6.07) is 46.9. The number of carbonyl (C=O) groups is 2. The van der Waals surface area contributed by atoms with Gasteiger partial charge >= 0.3 is 11.9 Å². The predicted molar refractivity (Wildman–Crippen MR) is 204 cm³/mol. The molecule has 0 spiro atoms. The van der Waals surface area contributed by atoms with E-state index in [4.69, 9.17) is 9.47 Å². The second-order valence-electron chi connectivity index (χ2n) is 12.2. The monoisotopic (exact) mass is 656 g/mol. The van der Waals surface area contributed by atoms with Gasteiger partial charge in [0.2, 0.25) is 0 Å². The average molecular weight is 657 g/mol. The highest BCUT2D eigenvalue weighted by molar-refractivity contribution is 6.18. The van der Waals surface area contributed by atoms with Crippen LogP contribution in [0.3, 0.4) is 0 Å². The molecule has 1 atom stereocenters. The number of esters is 2. The molecular formula is C46H40O4. The number of rotatable bonds is 13. The van der Waals surface area contributed by atoms with Crippen molar-refractivity contribution in [3.8, 4) is 44.5 Å². The number of ether oxygens (including phenoxy) is 2. The topological polar surface area (TPSA) is 52.6 Å². The van der Waals surface area contributed by atoms with Crippen LogP contribution in [0, 0.1) is 0 Å². The maximum Gasteiger partial charge on any atom is 0.330 e. The van der Waals surface area contributed by atoms with Crippen LogP contribution >= 0.6 is 0 Å². The number of benzene rings is 6. The summed E-state index contributed by atoms with van der Waals surface area (Å²) in [5, 5.41) is 2.30. The van der Waals surface area contributed by atoms with Gasteiger partial charge < -0.3 is 9.47 Å². The van der Waals surface area contributed by atoms with E-state index in [-0.39, 0.29) is 18.7 Å². The van der Waals surface area contributed by atoms with E-state index in [1.807, 2.05) is 25.1 Å². The molecule has 0 aliphatic carbocycles. The molecule has 6 rings (SSSR count). The summed E-state index contributed by atoms with van der Waals surface area (Å²) in [5.41, 5.74) is 11.1. The van der Waals surface area contributed by atoms with Crippen molar-refractivity contribution in [3.63, 3.8) is 0 Å². The normalized spacial score (nSPS) is 11.5. The molecule has 50 heavy (non-hydrogen) atoms. The lowest BCUT2D eigenvalue weighted by molar-refractivity contribution is -0.143. The molecule has 6 aromatic rings. The molecule has 0 aliphatic heterocycles. The van der Waals surface area contributed by atoms with E-state index in [9.17, 15) is 9.59 Å². The van der Waals surface area contributed by atoms with Crippen LogP contribution in [0.1, 0.15) is 30.9 Å². The second kappa shape index (κ2) is 15.9. The molecule has 0 fully saturated rings. The van der Waals surface area contributed by atoms with Crippen LogP contribution in [0.25, 0.3) is 55.3 Å². The molecule has 4 nitrogen and oxygen atoms in total. The van der Waals surface area contributed by atoms with Gasteiger partial charge in [0.05, 0.1) is 0 Å². The first-order valence-electron chi connectivity index (χ1n) is 17.0. The van der Waals surface area contributed by atoms with Crippen LogP contribution in [-0.4, -0.2) is 18.0 Å². The number of hydrogen-bond donors (Lipinski definition) is 0. The van der Waals surface area contributed by atoms with Gasteiger partial charge in [0.1, 0.15) is 12.7 Å². The van der Waals surface area contributed by atoms with Gasteiger partial charge in [-0.25, -0.2) is 9.59 Å². The molecule has 0 radical (unpaired) electrons. The Balaban J connectivity index is 1.54. The zero-order valence-electron chi connectivity index (χ0n) is 28.3. The van der Waals surface area contributed by atoms with Crippen molar-refractivity contribution >= 4 is 22.7 Å². The Labute approximate surface area is 294 Å². The molecule has 0 aromatic heterocycles. The molecule has 0 N–H and O–H groups in total. The van der Waals surface area contributed by atoms with Crippen molar-refractivity contribution in [3.05, 3.63) is 170 Å². The summed E-state index contributed by atoms with van der Waals surface area (Å²) < 4.78 is 10.8. The molecule has 0 saturated carbocycles. The molecule has 0 amide bonds. The molecule has 6 aromatic carbocycles. The van der Waals surface area contributed by atoms with Gasteiger partial charge in [-0.15, -0.1) is 0 Å². The van der Waals surface area contributed by atoms with Crippen LogP contribution in [0.2, 0.25) is 0 Å². The van der Waals surface area contributed by atoms with Crippen LogP contribution in [0.4, 0.5) is 0 Å². The fraction of sp³-hybridized carbons (Fsp3) is 0.130. The molecule has 0 aliphatic rings. The van der Waals surface area contributed by atoms with Crippen molar-refractivity contribution in [2.45, 2.75) is 38.9 Å². The van der Waals surface area contributed by atoms with E-state index in [1.54, 1.807) is 0 Å². The molecular weight excluding hydrogens is 617 g/mol. The second-order valence-corrected chi connectivity index (χ2v) is 12.2. The third kappa shape index (κ3) is 7.50. The van der Waals surface area contributed by atoms with Crippen LogP contribution in [-0.2, 0) is 32.1 Å². The first-order chi connectivity index (χ1) is 24.5. The van der Waals surface area contributed by atoms with E-state index in [0.29, 0.717) is 0 Å². The van der Waals surface area contributed by atoms with Crippen molar-refractivity contribution in [1.29, 1.82) is 0 Å². The van der Waals surface area contributed by atoms with Gasteiger partial charge in [-0.05, 0) is 85.7 Å². The fourth-order valence-corrected chi connectivity index (χ4v) is 6.53. The van der Waals surface area contributed by atoms with Crippen LogP contribution < -0.4 is 0 Å². The highest BCUT2D eigenvalue weighted by Gasteiger charge is 2.24. The van der Waals surface area contributed by atoms with Gasteiger partial charge in [0.15, 0.2) is 0 Å². The Morgan fingerprint density at radius 1 is 0.560 bits per heavy atom. The van der Waals surface area contributed by atoms with Crippen molar-refractivity contribution in [1.82, 2.24) is 0 Å². The quantitative estimate of drug-likeness (QED) is 0.0917. The largest absolute Gasteiger partial charge is 0.459 e. The van der Waals surface area contributed by atoms with Gasteiger partial charge in [-0.1, -0.05) is 154 Å². The number of fused-ring (bicyclic) bond motifs is 1. The highest BCUT2D eigenvalue weighted by Crippen LogP contribution is 2.50. The molecule has 0 saturated heterocycles. The van der Waals surface area contributed by atoms with E-state index in [2.05, 4.69) is 128 Å². The Morgan fingerprint density at radius 2 is 1.00 bits per heavy atom. The lowest BCUT2D eigenvalue weighted by atomic mass is 9.79. The standard InChI is InChI=1S/C46H40O4/c1-4-38(50-42(48)6-3)30-25-32-21-26-36(27-22-32)43-39-19-13-14-20-40(39)44(37-28-23-33(24-29-37)31-49-41(47)5-2)46(35-17-11-8-12-18-35)45(43)34-15-9-7-10-16-34/h5-24,26-29,38H,2-4,25,30-31H2,1H3. The molecule has 4 heteroatoms. The predicted octanol–water partition coefficient (Wildman–Crippen LogP) is 11.2. The van der Waals surface area contributed by atoms with Crippen molar-refractivity contribution in [2.75, 3.05) is 0 Å². The van der Waals surface area contributed by atoms with E-state index < -0.39 is 5.97 Å². The van der Waals surface area contributed by atoms with Gasteiger partial charge in [-0.3, -0.25) is 0 Å². The van der Waals surface area contributed by atoms with E-state index in [0.717, 1.165) is 74.5 Å². The third-order valence-electron chi connectivity index (χ3n) is 9.03. The average Bonchev–Trinajstić information content (AvgIpc) is 3.18. The Hall–Kier alpha value is -6.00. The number of hydrogen-bond acceptors (Lipinski definition) is 4. The fourth-order valence-electron chi connectivity index (χ4n) is 6.53. The SMILES string of the molecule is C=CC(=O)OCc1ccc(-c2c(-c3ccccc3)c(-c3ccccc3)c(-c3ccc(CCC(CC)OC(=O)C=C)cc3)c3ccccc23)cc1. The number of carbonyl (C=O) groups excluding carboxylic acids is 2. The molecule has 0 bridgehead atoms. The Bertz CT molecular complexity index is 2110. The summed E-state index contributed by atoms with van der Waals surface area (Å²) in [7, 11) is 0.